The summed E-state index contributed by atoms with van der Waals surface area (Å²) in [6, 6.07) is 14.9. The van der Waals surface area contributed by atoms with Crippen LogP contribution in [0, 0.1) is 0 Å². The molecular weight excluding hydrogens is 432 g/mol. The van der Waals surface area contributed by atoms with E-state index in [2.05, 4.69) is 20.0 Å². The first kappa shape index (κ1) is 21.1. The topological polar surface area (TPSA) is 101 Å². The zero-order valence-corrected chi connectivity index (χ0v) is 17.5. The molecule has 1 heterocycles. The van der Waals surface area contributed by atoms with Gasteiger partial charge in [0, 0.05) is 28.9 Å². The van der Waals surface area contributed by atoms with Crippen LogP contribution >= 0.6 is 23.4 Å². The molecule has 0 saturated heterocycles. The number of carbonyl (C=O) groups excluding carboxylic acids is 1. The van der Waals surface area contributed by atoms with Gasteiger partial charge in [0.2, 0.25) is 11.9 Å². The summed E-state index contributed by atoms with van der Waals surface area (Å²) in [5.74, 6) is 0.671. The van der Waals surface area contributed by atoms with Gasteiger partial charge in [0.1, 0.15) is 0 Å². The number of hydrogen-bond acceptors (Lipinski definition) is 6. The van der Waals surface area contributed by atoms with Crippen LogP contribution in [-0.2, 0) is 20.6 Å². The number of nitrogens with zero attached hydrogens (tertiary/aromatic N) is 2. The van der Waals surface area contributed by atoms with Crippen LogP contribution in [0.25, 0.3) is 0 Å². The van der Waals surface area contributed by atoms with Crippen molar-refractivity contribution in [2.45, 2.75) is 10.6 Å². The molecule has 0 aliphatic carbocycles. The molecule has 7 nitrogen and oxygen atoms in total. The highest BCUT2D eigenvalue weighted by molar-refractivity contribution is 7.99. The molecule has 150 valence electrons. The molecule has 0 bridgehead atoms. The normalized spacial score (nSPS) is 11.1. The van der Waals surface area contributed by atoms with E-state index >= 15 is 0 Å². The van der Waals surface area contributed by atoms with Crippen molar-refractivity contribution in [3.63, 3.8) is 0 Å². The summed E-state index contributed by atoms with van der Waals surface area (Å²) in [5.41, 5.74) is 1.47. The van der Waals surface area contributed by atoms with Gasteiger partial charge in [-0.15, -0.1) is 11.8 Å². The molecule has 3 aromatic rings. The van der Waals surface area contributed by atoms with Gasteiger partial charge < -0.3 is 5.32 Å². The number of benzene rings is 2. The third kappa shape index (κ3) is 6.18. The summed E-state index contributed by atoms with van der Waals surface area (Å²) in [6.07, 6.45) is 2.88. The van der Waals surface area contributed by atoms with Crippen LogP contribution in [0.4, 0.5) is 11.6 Å². The number of hydrogen-bond donors (Lipinski definition) is 2. The second-order valence-electron chi connectivity index (χ2n) is 5.83. The van der Waals surface area contributed by atoms with Gasteiger partial charge in [-0.2, -0.15) is 0 Å². The Morgan fingerprint density at radius 2 is 1.69 bits per heavy atom. The third-order valence-corrected chi connectivity index (χ3v) is 6.38. The lowest BCUT2D eigenvalue weighted by Crippen LogP contribution is -2.16. The third-order valence-electron chi connectivity index (χ3n) is 3.69. The zero-order chi connectivity index (χ0) is 20.7. The minimum Gasteiger partial charge on any atom is -0.325 e. The molecule has 0 aliphatic rings. The maximum absolute atomic E-state index is 12.3. The largest absolute Gasteiger partial charge is 0.325 e. The van der Waals surface area contributed by atoms with E-state index in [0.717, 1.165) is 5.56 Å². The smallest absolute Gasteiger partial charge is 0.264 e. The van der Waals surface area contributed by atoms with Gasteiger partial charge in [0.25, 0.3) is 10.0 Å². The molecule has 0 atom stereocenters. The Morgan fingerprint density at radius 1 is 1.00 bits per heavy atom. The van der Waals surface area contributed by atoms with Gasteiger partial charge in [0.05, 0.1) is 10.6 Å². The summed E-state index contributed by atoms with van der Waals surface area (Å²) in [4.78, 5) is 19.8. The van der Waals surface area contributed by atoms with E-state index in [-0.39, 0.29) is 22.5 Å². The average Bonchev–Trinajstić information content (AvgIpc) is 2.70. The maximum Gasteiger partial charge on any atom is 0.264 e. The van der Waals surface area contributed by atoms with Crippen molar-refractivity contribution in [2.24, 2.45) is 0 Å². The Labute approximate surface area is 178 Å². The SMILES string of the molecule is O=C(CSCc1ccccc1Cl)Nc1ccc(S(=O)(=O)Nc2ncccn2)cc1. The lowest BCUT2D eigenvalue weighted by Gasteiger charge is -2.09. The highest BCUT2D eigenvalue weighted by atomic mass is 35.5. The molecule has 3 rings (SSSR count). The van der Waals surface area contributed by atoms with Crippen LogP contribution < -0.4 is 10.0 Å². The first-order valence-corrected chi connectivity index (χ1v) is 11.5. The Kier molecular flexibility index (Phi) is 7.08. The number of halogens is 1. The molecule has 0 unspecified atom stereocenters. The lowest BCUT2D eigenvalue weighted by molar-refractivity contribution is -0.113. The molecule has 2 aromatic carbocycles. The molecule has 0 spiro atoms. The quantitative estimate of drug-likeness (QED) is 0.543. The van der Waals surface area contributed by atoms with E-state index in [1.807, 2.05) is 24.3 Å². The summed E-state index contributed by atoms with van der Waals surface area (Å²) < 4.78 is 27.0. The summed E-state index contributed by atoms with van der Waals surface area (Å²) in [6.45, 7) is 0. The van der Waals surface area contributed by atoms with Crippen molar-refractivity contribution in [3.05, 3.63) is 77.6 Å². The standard InChI is InChI=1S/C19H17ClN4O3S2/c20-17-5-2-1-4-14(17)12-28-13-18(25)23-15-6-8-16(9-7-15)29(26,27)24-19-21-10-3-11-22-19/h1-11H,12-13H2,(H,23,25)(H,21,22,24). The van der Waals surface area contributed by atoms with Crippen LogP contribution in [-0.4, -0.2) is 30.0 Å². The fourth-order valence-corrected chi connectivity index (χ4v) is 4.39. The monoisotopic (exact) mass is 448 g/mol. The molecule has 0 aliphatic heterocycles. The number of amides is 1. The van der Waals surface area contributed by atoms with Crippen molar-refractivity contribution in [1.82, 2.24) is 9.97 Å². The Bertz CT molecular complexity index is 1080. The van der Waals surface area contributed by atoms with Gasteiger partial charge in [-0.05, 0) is 42.0 Å². The number of sulfonamides is 1. The first-order valence-electron chi connectivity index (χ1n) is 8.45. The number of carbonyl (C=O) groups is 1. The summed E-state index contributed by atoms with van der Waals surface area (Å²) in [5, 5.41) is 3.41. The molecule has 0 fully saturated rings. The maximum atomic E-state index is 12.3. The number of thioether (sulfide) groups is 1. The average molecular weight is 449 g/mol. The Balaban J connectivity index is 1.53. The number of rotatable bonds is 8. The molecular formula is C19H17ClN4O3S2. The van der Waals surface area contributed by atoms with E-state index in [4.69, 9.17) is 11.6 Å². The minimum atomic E-state index is -3.81. The van der Waals surface area contributed by atoms with Gasteiger partial charge in [-0.3, -0.25) is 4.79 Å². The number of aromatic nitrogens is 2. The van der Waals surface area contributed by atoms with Crippen LogP contribution in [0.3, 0.4) is 0 Å². The predicted octanol–water partition coefficient (Wildman–Crippen LogP) is 3.80. The van der Waals surface area contributed by atoms with Crippen molar-refractivity contribution < 1.29 is 13.2 Å². The van der Waals surface area contributed by atoms with E-state index in [0.29, 0.717) is 16.5 Å². The van der Waals surface area contributed by atoms with Gasteiger partial charge >= 0.3 is 0 Å². The van der Waals surface area contributed by atoms with Gasteiger partial charge in [0.15, 0.2) is 0 Å². The molecule has 1 amide bonds. The van der Waals surface area contributed by atoms with Crippen molar-refractivity contribution in [3.8, 4) is 0 Å². The fourth-order valence-electron chi connectivity index (χ4n) is 2.31. The highest BCUT2D eigenvalue weighted by Gasteiger charge is 2.15. The second kappa shape index (κ2) is 9.73. The van der Waals surface area contributed by atoms with Crippen molar-refractivity contribution in [2.75, 3.05) is 15.8 Å². The minimum absolute atomic E-state index is 0.0135. The van der Waals surface area contributed by atoms with Crippen LogP contribution in [0.1, 0.15) is 5.56 Å². The Morgan fingerprint density at radius 3 is 2.38 bits per heavy atom. The van der Waals surface area contributed by atoms with E-state index in [1.54, 1.807) is 6.07 Å². The van der Waals surface area contributed by atoms with E-state index in [1.165, 1.54) is 48.4 Å². The highest BCUT2D eigenvalue weighted by Crippen LogP contribution is 2.21. The van der Waals surface area contributed by atoms with Crippen LogP contribution in [0.15, 0.2) is 71.9 Å². The Hall–Kier alpha value is -2.62. The summed E-state index contributed by atoms with van der Waals surface area (Å²) in [7, 11) is -3.81. The van der Waals surface area contributed by atoms with Crippen LogP contribution in [0.5, 0.6) is 0 Å². The van der Waals surface area contributed by atoms with Gasteiger partial charge in [-0.1, -0.05) is 29.8 Å². The summed E-state index contributed by atoms with van der Waals surface area (Å²) >= 11 is 7.54. The molecule has 1 aromatic heterocycles. The van der Waals surface area contributed by atoms with Crippen molar-refractivity contribution >= 4 is 50.9 Å². The van der Waals surface area contributed by atoms with Gasteiger partial charge in [-0.25, -0.2) is 23.1 Å². The predicted molar refractivity (Wildman–Crippen MR) is 116 cm³/mol. The number of nitrogens with one attached hydrogen (secondary N) is 2. The van der Waals surface area contributed by atoms with E-state index < -0.39 is 10.0 Å². The van der Waals surface area contributed by atoms with E-state index in [9.17, 15) is 13.2 Å². The number of anilines is 2. The lowest BCUT2D eigenvalue weighted by atomic mass is 10.2. The molecule has 0 saturated carbocycles. The fraction of sp³-hybridized carbons (Fsp3) is 0.105. The molecule has 0 radical (unpaired) electrons. The molecule has 10 heteroatoms. The molecule has 2 N–H and O–H groups in total. The van der Waals surface area contributed by atoms with Crippen LogP contribution in [0.2, 0.25) is 5.02 Å². The first-order chi connectivity index (χ1) is 13.9. The van der Waals surface area contributed by atoms with Crippen molar-refractivity contribution in [1.29, 1.82) is 0 Å². The second-order valence-corrected chi connectivity index (χ2v) is 8.91. The zero-order valence-electron chi connectivity index (χ0n) is 15.1. The molecule has 29 heavy (non-hydrogen) atoms.